The molecule has 1 saturated carbocycles. The first-order valence-electron chi connectivity index (χ1n) is 6.83. The second kappa shape index (κ2) is 5.37. The van der Waals surface area contributed by atoms with Crippen LogP contribution in [0.5, 0.6) is 0 Å². The van der Waals surface area contributed by atoms with Crippen molar-refractivity contribution in [2.24, 2.45) is 0 Å². The molecule has 3 rings (SSSR count). The van der Waals surface area contributed by atoms with Crippen molar-refractivity contribution in [1.29, 1.82) is 0 Å². The molecule has 0 bridgehead atoms. The molecule has 4 nitrogen and oxygen atoms in total. The van der Waals surface area contributed by atoms with Crippen molar-refractivity contribution in [3.05, 3.63) is 57.5 Å². The van der Waals surface area contributed by atoms with Gasteiger partial charge in [-0.15, -0.1) is 0 Å². The zero-order valence-electron chi connectivity index (χ0n) is 11.6. The predicted molar refractivity (Wildman–Crippen MR) is 74.3 cm³/mol. The molecule has 0 amide bonds. The molecule has 1 aromatic heterocycles. The molecule has 21 heavy (non-hydrogen) atoms. The molecule has 1 aromatic carbocycles. The van der Waals surface area contributed by atoms with Gasteiger partial charge >= 0.3 is 0 Å². The third-order valence-electron chi connectivity index (χ3n) is 3.46. The van der Waals surface area contributed by atoms with Gasteiger partial charge in [0.2, 0.25) is 5.43 Å². The predicted octanol–water partition coefficient (Wildman–Crippen LogP) is 2.07. The Morgan fingerprint density at radius 1 is 1.29 bits per heavy atom. The average Bonchev–Trinajstić information content (AvgIpc) is 3.25. The van der Waals surface area contributed by atoms with Crippen LogP contribution in [0.2, 0.25) is 0 Å². The van der Waals surface area contributed by atoms with Gasteiger partial charge in [-0.2, -0.15) is 5.10 Å². The van der Waals surface area contributed by atoms with Crippen LogP contribution in [0.25, 0.3) is 5.69 Å². The first-order chi connectivity index (χ1) is 10.0. The summed E-state index contributed by atoms with van der Waals surface area (Å²) in [5, 5.41) is 7.49. The van der Waals surface area contributed by atoms with E-state index in [-0.39, 0.29) is 5.43 Å². The molecule has 1 aliphatic carbocycles. The Labute approximate surface area is 120 Å². The van der Waals surface area contributed by atoms with E-state index in [9.17, 15) is 13.6 Å². The molecule has 0 radical (unpaired) electrons. The van der Waals surface area contributed by atoms with Crippen molar-refractivity contribution >= 4 is 0 Å². The number of hydrogen-bond donors (Lipinski definition) is 1. The van der Waals surface area contributed by atoms with E-state index < -0.39 is 11.6 Å². The summed E-state index contributed by atoms with van der Waals surface area (Å²) in [6.07, 6.45) is 2.23. The fourth-order valence-electron chi connectivity index (χ4n) is 2.11. The van der Waals surface area contributed by atoms with Gasteiger partial charge in [0.1, 0.15) is 5.69 Å². The summed E-state index contributed by atoms with van der Waals surface area (Å²) in [4.78, 5) is 11.9. The van der Waals surface area contributed by atoms with Gasteiger partial charge in [-0.3, -0.25) is 4.79 Å². The number of hydrogen-bond acceptors (Lipinski definition) is 3. The van der Waals surface area contributed by atoms with E-state index in [2.05, 4.69) is 10.4 Å². The highest BCUT2D eigenvalue weighted by Gasteiger charge is 2.21. The van der Waals surface area contributed by atoms with Crippen molar-refractivity contribution in [3.63, 3.8) is 0 Å². The SMILES string of the molecule is Cc1cc(=O)c(CNC2CC2)nn1-c1ccc(F)c(F)c1. The highest BCUT2D eigenvalue weighted by molar-refractivity contribution is 5.33. The van der Waals surface area contributed by atoms with Gasteiger partial charge in [0.05, 0.1) is 5.69 Å². The molecule has 0 saturated heterocycles. The number of rotatable bonds is 4. The quantitative estimate of drug-likeness (QED) is 0.938. The summed E-state index contributed by atoms with van der Waals surface area (Å²) < 4.78 is 27.8. The standard InChI is InChI=1S/C15H15F2N3O/c1-9-6-15(21)14(8-18-10-2-3-10)19-20(9)11-4-5-12(16)13(17)7-11/h4-7,10,18H,2-3,8H2,1H3. The van der Waals surface area contributed by atoms with E-state index in [1.807, 2.05) is 0 Å². The Bertz CT molecular complexity index is 738. The second-order valence-electron chi connectivity index (χ2n) is 5.26. The van der Waals surface area contributed by atoms with Crippen molar-refractivity contribution in [1.82, 2.24) is 15.1 Å². The molecule has 0 aliphatic heterocycles. The fraction of sp³-hybridized carbons (Fsp3) is 0.333. The normalized spacial score (nSPS) is 14.4. The Balaban J connectivity index is 1.97. The molecule has 0 spiro atoms. The maximum atomic E-state index is 13.3. The third-order valence-corrected chi connectivity index (χ3v) is 3.46. The van der Waals surface area contributed by atoms with Crippen LogP contribution >= 0.6 is 0 Å². The molecule has 1 heterocycles. The van der Waals surface area contributed by atoms with Gasteiger partial charge in [-0.25, -0.2) is 13.5 Å². The Morgan fingerprint density at radius 2 is 2.05 bits per heavy atom. The fourth-order valence-corrected chi connectivity index (χ4v) is 2.11. The van der Waals surface area contributed by atoms with Crippen LogP contribution < -0.4 is 10.7 Å². The average molecular weight is 291 g/mol. The minimum atomic E-state index is -0.940. The summed E-state index contributed by atoms with van der Waals surface area (Å²) in [7, 11) is 0. The van der Waals surface area contributed by atoms with Crippen LogP contribution in [0.15, 0.2) is 29.1 Å². The molecule has 0 unspecified atom stereocenters. The number of benzene rings is 1. The molecule has 1 aliphatic rings. The number of nitrogens with zero attached hydrogens (tertiary/aromatic N) is 2. The first kappa shape index (κ1) is 13.9. The van der Waals surface area contributed by atoms with Crippen LogP contribution in [-0.2, 0) is 6.54 Å². The molecule has 6 heteroatoms. The lowest BCUT2D eigenvalue weighted by molar-refractivity contribution is 0.507. The van der Waals surface area contributed by atoms with Gasteiger partial charge in [-0.05, 0) is 31.9 Å². The van der Waals surface area contributed by atoms with Crippen LogP contribution in [0.4, 0.5) is 8.78 Å². The summed E-state index contributed by atoms with van der Waals surface area (Å²) in [5.74, 6) is -1.85. The summed E-state index contributed by atoms with van der Waals surface area (Å²) in [6, 6.07) is 5.47. The van der Waals surface area contributed by atoms with Gasteiger partial charge in [0.15, 0.2) is 11.6 Å². The zero-order valence-corrected chi connectivity index (χ0v) is 11.6. The van der Waals surface area contributed by atoms with Crippen LogP contribution in [0.3, 0.4) is 0 Å². The molecule has 110 valence electrons. The molecular weight excluding hydrogens is 276 g/mol. The molecule has 1 fully saturated rings. The highest BCUT2D eigenvalue weighted by Crippen LogP contribution is 2.19. The monoisotopic (exact) mass is 291 g/mol. The van der Waals surface area contributed by atoms with Crippen molar-refractivity contribution in [3.8, 4) is 5.69 Å². The first-order valence-corrected chi connectivity index (χ1v) is 6.83. The Morgan fingerprint density at radius 3 is 2.71 bits per heavy atom. The summed E-state index contributed by atoms with van der Waals surface area (Å²) in [6.45, 7) is 2.08. The van der Waals surface area contributed by atoms with Crippen LogP contribution in [-0.4, -0.2) is 15.8 Å². The maximum Gasteiger partial charge on any atom is 0.204 e. The molecule has 1 N–H and O–H groups in total. The van der Waals surface area contributed by atoms with Gasteiger partial charge in [-0.1, -0.05) is 0 Å². The molecule has 0 atom stereocenters. The summed E-state index contributed by atoms with van der Waals surface area (Å²) >= 11 is 0. The van der Waals surface area contributed by atoms with E-state index >= 15 is 0 Å². The molecule has 2 aromatic rings. The highest BCUT2D eigenvalue weighted by atomic mass is 19.2. The van der Waals surface area contributed by atoms with E-state index in [1.54, 1.807) is 6.92 Å². The van der Waals surface area contributed by atoms with Crippen molar-refractivity contribution < 1.29 is 8.78 Å². The summed E-state index contributed by atoms with van der Waals surface area (Å²) in [5.41, 5.74) is 1.18. The zero-order chi connectivity index (χ0) is 15.0. The van der Waals surface area contributed by atoms with Gasteiger partial charge < -0.3 is 5.32 Å². The number of aryl methyl sites for hydroxylation is 1. The largest absolute Gasteiger partial charge is 0.308 e. The van der Waals surface area contributed by atoms with E-state index in [0.717, 1.165) is 25.0 Å². The van der Waals surface area contributed by atoms with Crippen molar-refractivity contribution in [2.75, 3.05) is 0 Å². The number of halogens is 2. The maximum absolute atomic E-state index is 13.3. The molecular formula is C15H15F2N3O. The lowest BCUT2D eigenvalue weighted by Gasteiger charge is -2.12. The minimum Gasteiger partial charge on any atom is -0.308 e. The Kier molecular flexibility index (Phi) is 3.55. The number of nitrogens with one attached hydrogen (secondary N) is 1. The van der Waals surface area contributed by atoms with E-state index in [1.165, 1.54) is 16.8 Å². The van der Waals surface area contributed by atoms with E-state index in [4.69, 9.17) is 0 Å². The number of aromatic nitrogens is 2. The van der Waals surface area contributed by atoms with Crippen LogP contribution in [0.1, 0.15) is 24.2 Å². The topological polar surface area (TPSA) is 46.9 Å². The van der Waals surface area contributed by atoms with E-state index in [0.29, 0.717) is 29.7 Å². The van der Waals surface area contributed by atoms with Gasteiger partial charge in [0, 0.05) is 30.4 Å². The Hall–Kier alpha value is -2.08. The smallest absolute Gasteiger partial charge is 0.204 e. The lowest BCUT2D eigenvalue weighted by Crippen LogP contribution is -2.25. The second-order valence-corrected chi connectivity index (χ2v) is 5.26. The van der Waals surface area contributed by atoms with Gasteiger partial charge in [0.25, 0.3) is 0 Å². The third kappa shape index (κ3) is 3.00. The van der Waals surface area contributed by atoms with Crippen LogP contribution in [0, 0.1) is 18.6 Å². The van der Waals surface area contributed by atoms with Crippen molar-refractivity contribution in [2.45, 2.75) is 32.4 Å². The lowest BCUT2D eigenvalue weighted by atomic mass is 10.2. The minimum absolute atomic E-state index is 0.153.